The van der Waals surface area contributed by atoms with Crippen molar-refractivity contribution >= 4 is 10.1 Å². The summed E-state index contributed by atoms with van der Waals surface area (Å²) in [6.07, 6.45) is 8.99. The van der Waals surface area contributed by atoms with Crippen LogP contribution in [0, 0.1) is 6.92 Å². The molecule has 0 N–H and O–H groups in total. The molecule has 0 aliphatic heterocycles. The fourth-order valence-corrected chi connectivity index (χ4v) is 3.90. The molecule has 0 amide bonds. The van der Waals surface area contributed by atoms with E-state index in [1.165, 1.54) is 32.1 Å². The van der Waals surface area contributed by atoms with Crippen LogP contribution in [0.3, 0.4) is 0 Å². The van der Waals surface area contributed by atoms with Crippen LogP contribution >= 0.6 is 0 Å². The van der Waals surface area contributed by atoms with E-state index in [4.69, 9.17) is 23.1 Å². The summed E-state index contributed by atoms with van der Waals surface area (Å²) in [5.41, 5.74) is 1.02. The summed E-state index contributed by atoms with van der Waals surface area (Å²) in [4.78, 5) is 0.206. The third-order valence-corrected chi connectivity index (χ3v) is 6.35. The zero-order chi connectivity index (χ0) is 26.0. The lowest BCUT2D eigenvalue weighted by molar-refractivity contribution is 0.0510. The van der Waals surface area contributed by atoms with Crippen LogP contribution in [0.4, 0.5) is 0 Å². The van der Waals surface area contributed by atoms with Crippen LogP contribution in [0.25, 0.3) is 0 Å². The van der Waals surface area contributed by atoms with E-state index >= 15 is 0 Å². The molecule has 0 aliphatic rings. The molecular formula is C27H50O7S. The van der Waals surface area contributed by atoms with Crippen molar-refractivity contribution in [3.63, 3.8) is 0 Å². The first-order valence-corrected chi connectivity index (χ1v) is 14.7. The SMILES string of the molecule is CCCCCCCOCCOCC.CCOCCOCCCCCOS(=O)(=O)c1ccc(C)cc1. The Morgan fingerprint density at radius 2 is 1.03 bits per heavy atom. The molecule has 0 aromatic heterocycles. The minimum absolute atomic E-state index is 0.204. The first kappa shape index (κ1) is 34.0. The predicted octanol–water partition coefficient (Wildman–Crippen LogP) is 5.93. The lowest BCUT2D eigenvalue weighted by Crippen LogP contribution is -2.08. The van der Waals surface area contributed by atoms with Gasteiger partial charge in [0.1, 0.15) is 0 Å². The van der Waals surface area contributed by atoms with Crippen LogP contribution in [-0.4, -0.2) is 67.9 Å². The van der Waals surface area contributed by atoms with Crippen molar-refractivity contribution in [2.75, 3.05) is 59.5 Å². The van der Waals surface area contributed by atoms with E-state index < -0.39 is 10.1 Å². The lowest BCUT2D eigenvalue weighted by atomic mass is 10.2. The lowest BCUT2D eigenvalue weighted by Gasteiger charge is -2.06. The van der Waals surface area contributed by atoms with Gasteiger partial charge in [0, 0.05) is 26.4 Å². The molecule has 206 valence electrons. The summed E-state index contributed by atoms with van der Waals surface area (Å²) in [7, 11) is -3.63. The van der Waals surface area contributed by atoms with Gasteiger partial charge >= 0.3 is 0 Å². The molecule has 1 rings (SSSR count). The molecule has 35 heavy (non-hydrogen) atoms. The van der Waals surface area contributed by atoms with E-state index in [0.717, 1.165) is 44.8 Å². The van der Waals surface area contributed by atoms with Gasteiger partial charge in [-0.3, -0.25) is 4.18 Å². The average molecular weight is 519 g/mol. The van der Waals surface area contributed by atoms with E-state index in [1.54, 1.807) is 24.3 Å². The van der Waals surface area contributed by atoms with Crippen molar-refractivity contribution in [1.29, 1.82) is 0 Å². The van der Waals surface area contributed by atoms with Gasteiger partial charge in [-0.15, -0.1) is 0 Å². The summed E-state index contributed by atoms with van der Waals surface area (Å²) in [5, 5.41) is 0. The van der Waals surface area contributed by atoms with E-state index in [2.05, 4.69) is 6.92 Å². The van der Waals surface area contributed by atoms with E-state index in [9.17, 15) is 8.42 Å². The summed E-state index contributed by atoms with van der Waals surface area (Å²) in [6.45, 7) is 14.1. The number of ether oxygens (including phenoxy) is 4. The number of unbranched alkanes of at least 4 members (excludes halogenated alkanes) is 6. The highest BCUT2D eigenvalue weighted by atomic mass is 32.2. The second kappa shape index (κ2) is 24.7. The minimum atomic E-state index is -3.63. The molecule has 0 saturated carbocycles. The van der Waals surface area contributed by atoms with Crippen LogP contribution in [0.5, 0.6) is 0 Å². The van der Waals surface area contributed by atoms with Crippen LogP contribution < -0.4 is 0 Å². The second-order valence-electron chi connectivity index (χ2n) is 8.18. The molecule has 0 saturated heterocycles. The van der Waals surface area contributed by atoms with Crippen LogP contribution in [-0.2, 0) is 33.2 Å². The average Bonchev–Trinajstić information content (AvgIpc) is 2.85. The highest BCUT2D eigenvalue weighted by Crippen LogP contribution is 2.13. The second-order valence-corrected chi connectivity index (χ2v) is 9.80. The van der Waals surface area contributed by atoms with E-state index in [-0.39, 0.29) is 11.5 Å². The molecule has 0 fully saturated rings. The Balaban J connectivity index is 0.000000761. The van der Waals surface area contributed by atoms with Crippen molar-refractivity contribution in [3.8, 4) is 0 Å². The Hall–Kier alpha value is -1.03. The molecule has 0 bridgehead atoms. The zero-order valence-electron chi connectivity index (χ0n) is 22.6. The maximum atomic E-state index is 11.9. The summed E-state index contributed by atoms with van der Waals surface area (Å²) >= 11 is 0. The topological polar surface area (TPSA) is 80.3 Å². The number of benzene rings is 1. The van der Waals surface area contributed by atoms with Gasteiger partial charge in [0.05, 0.1) is 37.9 Å². The standard InChI is InChI=1S/C16H26O5S.C11H24O2/c1-3-19-13-14-20-11-5-4-6-12-21-22(17,18)16-9-7-15(2)8-10-16;1-3-5-6-7-8-9-13-11-10-12-4-2/h7-10H,3-6,11-14H2,1-2H3;3-11H2,1-2H3. The highest BCUT2D eigenvalue weighted by molar-refractivity contribution is 7.86. The summed E-state index contributed by atoms with van der Waals surface area (Å²) in [6, 6.07) is 6.65. The number of hydrogen-bond acceptors (Lipinski definition) is 7. The highest BCUT2D eigenvalue weighted by Gasteiger charge is 2.14. The number of hydrogen-bond donors (Lipinski definition) is 0. The molecule has 8 heteroatoms. The van der Waals surface area contributed by atoms with Crippen molar-refractivity contribution in [3.05, 3.63) is 29.8 Å². The normalized spacial score (nSPS) is 11.3. The summed E-state index contributed by atoms with van der Waals surface area (Å²) in [5.74, 6) is 0. The van der Waals surface area contributed by atoms with E-state index in [1.807, 2.05) is 20.8 Å². The van der Waals surface area contributed by atoms with Crippen LogP contribution in [0.15, 0.2) is 29.2 Å². The van der Waals surface area contributed by atoms with Gasteiger partial charge in [0.15, 0.2) is 0 Å². The zero-order valence-corrected chi connectivity index (χ0v) is 23.4. The molecule has 0 spiro atoms. The van der Waals surface area contributed by atoms with Gasteiger partial charge in [-0.2, -0.15) is 8.42 Å². The van der Waals surface area contributed by atoms with Crippen molar-refractivity contribution < 1.29 is 31.5 Å². The third kappa shape index (κ3) is 21.9. The molecule has 0 atom stereocenters. The number of rotatable bonds is 22. The monoisotopic (exact) mass is 518 g/mol. The van der Waals surface area contributed by atoms with Gasteiger partial charge in [0.2, 0.25) is 0 Å². The first-order chi connectivity index (χ1) is 17.0. The van der Waals surface area contributed by atoms with Crippen LogP contribution in [0.1, 0.15) is 77.7 Å². The Labute approximate surface area is 215 Å². The van der Waals surface area contributed by atoms with Crippen LogP contribution in [0.2, 0.25) is 0 Å². The minimum Gasteiger partial charge on any atom is -0.379 e. The maximum absolute atomic E-state index is 11.9. The predicted molar refractivity (Wildman–Crippen MR) is 142 cm³/mol. The molecular weight excluding hydrogens is 468 g/mol. The molecule has 0 heterocycles. The first-order valence-electron chi connectivity index (χ1n) is 13.2. The molecule has 0 aliphatic carbocycles. The largest absolute Gasteiger partial charge is 0.379 e. The van der Waals surface area contributed by atoms with E-state index in [0.29, 0.717) is 32.8 Å². The third-order valence-electron chi connectivity index (χ3n) is 5.03. The Bertz CT molecular complexity index is 653. The number of aryl methyl sites for hydroxylation is 1. The quantitative estimate of drug-likeness (QED) is 0.139. The fourth-order valence-electron chi connectivity index (χ4n) is 2.96. The fraction of sp³-hybridized carbons (Fsp3) is 0.778. The smallest absolute Gasteiger partial charge is 0.296 e. The van der Waals surface area contributed by atoms with Crippen molar-refractivity contribution in [2.45, 2.75) is 84.0 Å². The van der Waals surface area contributed by atoms with Gasteiger partial charge in [-0.25, -0.2) is 0 Å². The summed E-state index contributed by atoms with van der Waals surface area (Å²) < 4.78 is 49.9. The van der Waals surface area contributed by atoms with Crippen molar-refractivity contribution in [1.82, 2.24) is 0 Å². The molecule has 1 aromatic rings. The van der Waals surface area contributed by atoms with Gasteiger partial charge in [-0.1, -0.05) is 50.3 Å². The van der Waals surface area contributed by atoms with Gasteiger partial charge in [-0.05, 0) is 58.6 Å². The van der Waals surface area contributed by atoms with Gasteiger partial charge < -0.3 is 18.9 Å². The van der Waals surface area contributed by atoms with Gasteiger partial charge in [0.25, 0.3) is 10.1 Å². The molecule has 7 nitrogen and oxygen atoms in total. The Kier molecular flexibility index (Phi) is 23.9. The molecule has 0 radical (unpaired) electrons. The molecule has 0 unspecified atom stereocenters. The Morgan fingerprint density at radius 3 is 1.54 bits per heavy atom. The molecule has 1 aromatic carbocycles. The maximum Gasteiger partial charge on any atom is 0.296 e. The van der Waals surface area contributed by atoms with Crippen molar-refractivity contribution in [2.24, 2.45) is 0 Å². The Morgan fingerprint density at radius 1 is 0.571 bits per heavy atom.